The van der Waals surface area contributed by atoms with E-state index in [2.05, 4.69) is 40.6 Å². The summed E-state index contributed by atoms with van der Waals surface area (Å²) in [6, 6.07) is 10.6. The van der Waals surface area contributed by atoms with Crippen LogP contribution in [0.2, 0.25) is 0 Å². The van der Waals surface area contributed by atoms with E-state index in [1.54, 1.807) is 0 Å². The molecule has 0 saturated carbocycles. The van der Waals surface area contributed by atoms with E-state index in [0.717, 1.165) is 31.8 Å². The summed E-state index contributed by atoms with van der Waals surface area (Å²) in [5.41, 5.74) is 1.41. The number of imidazole rings is 1. The Balaban J connectivity index is 1.63. The third-order valence-corrected chi connectivity index (χ3v) is 2.87. The van der Waals surface area contributed by atoms with Crippen molar-refractivity contribution < 1.29 is 0 Å². The van der Waals surface area contributed by atoms with Crippen molar-refractivity contribution in [1.82, 2.24) is 14.9 Å². The second kappa shape index (κ2) is 6.21. The summed E-state index contributed by atoms with van der Waals surface area (Å²) in [7, 11) is 2.02. The number of nitrogens with zero attached hydrogens (tertiary/aromatic N) is 2. The van der Waals surface area contributed by atoms with E-state index in [1.165, 1.54) is 5.56 Å². The van der Waals surface area contributed by atoms with Gasteiger partial charge in [-0.1, -0.05) is 30.3 Å². The molecule has 0 aliphatic heterocycles. The monoisotopic (exact) mass is 229 g/mol. The van der Waals surface area contributed by atoms with Crippen LogP contribution in [0.15, 0.2) is 42.7 Å². The van der Waals surface area contributed by atoms with Crippen LogP contribution in [0.1, 0.15) is 17.8 Å². The van der Waals surface area contributed by atoms with Crippen LogP contribution < -0.4 is 5.32 Å². The van der Waals surface area contributed by atoms with Gasteiger partial charge in [0.1, 0.15) is 5.82 Å². The standard InChI is InChI=1S/C14H19N3/c1-17-11-10-16-14(17)12-15-9-5-8-13-6-3-2-4-7-13/h2-4,6-7,10-11,15H,5,8-9,12H2,1H3. The van der Waals surface area contributed by atoms with Crippen LogP contribution in [-0.4, -0.2) is 16.1 Å². The minimum absolute atomic E-state index is 0.846. The second-order valence-corrected chi connectivity index (χ2v) is 4.22. The topological polar surface area (TPSA) is 29.9 Å². The van der Waals surface area contributed by atoms with Gasteiger partial charge < -0.3 is 9.88 Å². The molecule has 3 nitrogen and oxygen atoms in total. The Bertz CT molecular complexity index is 434. The van der Waals surface area contributed by atoms with Crippen molar-refractivity contribution in [3.63, 3.8) is 0 Å². The van der Waals surface area contributed by atoms with Crippen molar-refractivity contribution in [3.05, 3.63) is 54.1 Å². The lowest BCUT2D eigenvalue weighted by Gasteiger charge is -2.05. The minimum Gasteiger partial charge on any atom is -0.337 e. The maximum absolute atomic E-state index is 4.27. The van der Waals surface area contributed by atoms with Gasteiger partial charge in [0.05, 0.1) is 6.54 Å². The van der Waals surface area contributed by atoms with Crippen molar-refractivity contribution in [2.45, 2.75) is 19.4 Å². The first-order valence-electron chi connectivity index (χ1n) is 6.07. The quantitative estimate of drug-likeness (QED) is 0.769. The van der Waals surface area contributed by atoms with E-state index < -0.39 is 0 Å². The predicted molar refractivity (Wildman–Crippen MR) is 69.7 cm³/mol. The molecule has 0 amide bonds. The summed E-state index contributed by atoms with van der Waals surface area (Å²) in [6.45, 7) is 1.88. The largest absolute Gasteiger partial charge is 0.337 e. The van der Waals surface area contributed by atoms with Gasteiger partial charge in [0.2, 0.25) is 0 Å². The fourth-order valence-electron chi connectivity index (χ4n) is 1.83. The molecule has 0 atom stereocenters. The van der Waals surface area contributed by atoms with Gasteiger partial charge in [0.25, 0.3) is 0 Å². The van der Waals surface area contributed by atoms with Crippen LogP contribution in [0.3, 0.4) is 0 Å². The Morgan fingerprint density at radius 3 is 2.76 bits per heavy atom. The van der Waals surface area contributed by atoms with Gasteiger partial charge in [-0.15, -0.1) is 0 Å². The summed E-state index contributed by atoms with van der Waals surface area (Å²) in [6.07, 6.45) is 6.10. The zero-order valence-corrected chi connectivity index (χ0v) is 10.3. The molecule has 2 rings (SSSR count). The molecule has 0 aliphatic carbocycles. The van der Waals surface area contributed by atoms with Crippen LogP contribution in [0.4, 0.5) is 0 Å². The van der Waals surface area contributed by atoms with Crippen LogP contribution in [0.5, 0.6) is 0 Å². The van der Waals surface area contributed by atoms with Gasteiger partial charge >= 0.3 is 0 Å². The maximum atomic E-state index is 4.27. The fourth-order valence-corrected chi connectivity index (χ4v) is 1.83. The minimum atomic E-state index is 0.846. The number of hydrogen-bond donors (Lipinski definition) is 1. The highest BCUT2D eigenvalue weighted by Crippen LogP contribution is 2.01. The molecule has 0 unspecified atom stereocenters. The second-order valence-electron chi connectivity index (χ2n) is 4.22. The first kappa shape index (κ1) is 11.9. The van der Waals surface area contributed by atoms with Crippen LogP contribution in [0.25, 0.3) is 0 Å². The van der Waals surface area contributed by atoms with Crippen molar-refractivity contribution in [1.29, 1.82) is 0 Å². The molecular formula is C14H19N3. The molecule has 1 aromatic heterocycles. The van der Waals surface area contributed by atoms with E-state index in [1.807, 2.05) is 24.0 Å². The van der Waals surface area contributed by atoms with Gasteiger partial charge in [0.15, 0.2) is 0 Å². The molecule has 0 saturated heterocycles. The molecule has 0 radical (unpaired) electrons. The summed E-state index contributed by atoms with van der Waals surface area (Å²) in [4.78, 5) is 4.27. The van der Waals surface area contributed by atoms with Gasteiger partial charge in [0, 0.05) is 19.4 Å². The maximum Gasteiger partial charge on any atom is 0.122 e. The zero-order chi connectivity index (χ0) is 11.9. The molecule has 2 aromatic rings. The van der Waals surface area contributed by atoms with Gasteiger partial charge in [-0.05, 0) is 24.9 Å². The Labute approximate surface area is 103 Å². The van der Waals surface area contributed by atoms with E-state index in [-0.39, 0.29) is 0 Å². The van der Waals surface area contributed by atoms with Crippen LogP contribution in [0, 0.1) is 0 Å². The average molecular weight is 229 g/mol. The number of nitrogens with one attached hydrogen (secondary N) is 1. The number of aryl methyl sites for hydroxylation is 2. The molecule has 1 N–H and O–H groups in total. The highest BCUT2D eigenvalue weighted by molar-refractivity contribution is 5.14. The Kier molecular flexibility index (Phi) is 4.33. The molecule has 1 aromatic carbocycles. The highest BCUT2D eigenvalue weighted by atomic mass is 15.1. The Hall–Kier alpha value is -1.61. The molecule has 0 spiro atoms. The van der Waals surface area contributed by atoms with Crippen molar-refractivity contribution in [2.24, 2.45) is 7.05 Å². The molecule has 90 valence electrons. The van der Waals surface area contributed by atoms with E-state index in [9.17, 15) is 0 Å². The number of aromatic nitrogens is 2. The van der Waals surface area contributed by atoms with E-state index in [0.29, 0.717) is 0 Å². The van der Waals surface area contributed by atoms with Gasteiger partial charge in [-0.25, -0.2) is 4.98 Å². The van der Waals surface area contributed by atoms with Crippen LogP contribution >= 0.6 is 0 Å². The smallest absolute Gasteiger partial charge is 0.122 e. The molecule has 17 heavy (non-hydrogen) atoms. The Morgan fingerprint density at radius 2 is 2.06 bits per heavy atom. The lowest BCUT2D eigenvalue weighted by atomic mass is 10.1. The van der Waals surface area contributed by atoms with Crippen molar-refractivity contribution >= 4 is 0 Å². The van der Waals surface area contributed by atoms with Crippen LogP contribution in [-0.2, 0) is 20.0 Å². The SMILES string of the molecule is Cn1ccnc1CNCCCc1ccccc1. The summed E-state index contributed by atoms with van der Waals surface area (Å²) in [5, 5.41) is 3.42. The summed E-state index contributed by atoms with van der Waals surface area (Å²) < 4.78 is 2.05. The first-order chi connectivity index (χ1) is 8.36. The zero-order valence-electron chi connectivity index (χ0n) is 10.3. The fraction of sp³-hybridized carbons (Fsp3) is 0.357. The number of rotatable bonds is 6. The third kappa shape index (κ3) is 3.71. The lowest BCUT2D eigenvalue weighted by Crippen LogP contribution is -2.17. The number of benzene rings is 1. The average Bonchev–Trinajstić information content (AvgIpc) is 2.76. The molecule has 1 heterocycles. The highest BCUT2D eigenvalue weighted by Gasteiger charge is 1.97. The lowest BCUT2D eigenvalue weighted by molar-refractivity contribution is 0.614. The van der Waals surface area contributed by atoms with Crippen molar-refractivity contribution in [2.75, 3.05) is 6.54 Å². The normalized spacial score (nSPS) is 10.6. The van der Waals surface area contributed by atoms with Crippen molar-refractivity contribution in [3.8, 4) is 0 Å². The predicted octanol–water partition coefficient (Wildman–Crippen LogP) is 2.14. The molecule has 3 heteroatoms. The summed E-state index contributed by atoms with van der Waals surface area (Å²) >= 11 is 0. The van der Waals surface area contributed by atoms with E-state index in [4.69, 9.17) is 0 Å². The first-order valence-corrected chi connectivity index (χ1v) is 6.07. The van der Waals surface area contributed by atoms with Gasteiger partial charge in [-0.3, -0.25) is 0 Å². The molecule has 0 aliphatic rings. The van der Waals surface area contributed by atoms with E-state index >= 15 is 0 Å². The summed E-state index contributed by atoms with van der Waals surface area (Å²) in [5.74, 6) is 1.09. The number of hydrogen-bond acceptors (Lipinski definition) is 2. The van der Waals surface area contributed by atoms with Gasteiger partial charge in [-0.2, -0.15) is 0 Å². The third-order valence-electron chi connectivity index (χ3n) is 2.87. The molecular weight excluding hydrogens is 210 g/mol. The Morgan fingerprint density at radius 1 is 1.24 bits per heavy atom. The molecule has 0 fully saturated rings. The molecule has 0 bridgehead atoms.